The van der Waals surface area contributed by atoms with Crippen molar-refractivity contribution >= 4 is 29.5 Å². The number of nitrogens with one attached hydrogen (secondary N) is 1. The highest BCUT2D eigenvalue weighted by molar-refractivity contribution is 6.02. The molecule has 24 heavy (non-hydrogen) atoms. The van der Waals surface area contributed by atoms with Crippen molar-refractivity contribution in [2.75, 3.05) is 19.4 Å². The fourth-order valence-electron chi connectivity index (χ4n) is 2.24. The summed E-state index contributed by atoms with van der Waals surface area (Å²) in [6.45, 7) is 0.500. The molecular weight excluding hydrogens is 316 g/mol. The first kappa shape index (κ1) is 17.4. The van der Waals surface area contributed by atoms with E-state index < -0.39 is 23.8 Å². The molecule has 1 aliphatic heterocycles. The molecule has 1 heterocycles. The zero-order chi connectivity index (χ0) is 17.9. The van der Waals surface area contributed by atoms with E-state index in [1.165, 1.54) is 6.07 Å². The van der Waals surface area contributed by atoms with Crippen molar-refractivity contribution < 1.29 is 24.0 Å². The minimum Gasteiger partial charge on any atom is -0.366 e. The Morgan fingerprint density at radius 3 is 2.42 bits per heavy atom. The van der Waals surface area contributed by atoms with Gasteiger partial charge in [0.1, 0.15) is 0 Å². The van der Waals surface area contributed by atoms with Gasteiger partial charge in [-0.2, -0.15) is 0 Å². The molecular formula is C15H18N4O5. The molecule has 1 saturated heterocycles. The molecule has 3 N–H and O–H groups in total. The summed E-state index contributed by atoms with van der Waals surface area (Å²) in [6.07, 6.45) is -0.983. The molecule has 9 heteroatoms. The quantitative estimate of drug-likeness (QED) is 0.754. The van der Waals surface area contributed by atoms with Gasteiger partial charge in [-0.25, -0.2) is 4.79 Å². The molecule has 1 aromatic carbocycles. The number of hydroxylamine groups is 2. The van der Waals surface area contributed by atoms with Crippen molar-refractivity contribution in [1.29, 1.82) is 0 Å². The largest absolute Gasteiger partial charge is 0.436 e. The first-order chi connectivity index (χ1) is 11.3. The number of rotatable bonds is 5. The summed E-state index contributed by atoms with van der Waals surface area (Å²) < 4.78 is 0. The number of imide groups is 1. The Morgan fingerprint density at radius 1 is 1.25 bits per heavy atom. The third-order valence-electron chi connectivity index (χ3n) is 3.29. The van der Waals surface area contributed by atoms with E-state index >= 15 is 0 Å². The van der Waals surface area contributed by atoms with Crippen LogP contribution in [0.3, 0.4) is 0 Å². The van der Waals surface area contributed by atoms with Crippen LogP contribution < -0.4 is 11.1 Å². The molecule has 4 amide bonds. The zero-order valence-corrected chi connectivity index (χ0v) is 13.4. The highest BCUT2D eigenvalue weighted by Gasteiger charge is 2.32. The lowest BCUT2D eigenvalue weighted by Gasteiger charge is -2.15. The standard InChI is InChI=1S/C15H18N4O5/c1-18(2)8-9-3-4-10(7-11(9)14(16)22)17-15(23)24-19-12(20)5-6-13(19)21/h3-4,7H,5-6,8H2,1-2H3,(H2,16,22)(H,17,23). The van der Waals surface area contributed by atoms with Gasteiger partial charge in [-0.15, -0.1) is 5.06 Å². The maximum Gasteiger partial charge on any atom is 0.436 e. The Morgan fingerprint density at radius 2 is 1.88 bits per heavy atom. The second-order valence-electron chi connectivity index (χ2n) is 5.56. The average molecular weight is 334 g/mol. The lowest BCUT2D eigenvalue weighted by molar-refractivity contribution is -0.170. The fourth-order valence-corrected chi connectivity index (χ4v) is 2.24. The first-order valence-corrected chi connectivity index (χ1v) is 7.20. The van der Waals surface area contributed by atoms with Crippen LogP contribution >= 0.6 is 0 Å². The molecule has 0 saturated carbocycles. The van der Waals surface area contributed by atoms with Crippen molar-refractivity contribution in [1.82, 2.24) is 9.96 Å². The fraction of sp³-hybridized carbons (Fsp3) is 0.333. The molecule has 2 rings (SSSR count). The van der Waals surface area contributed by atoms with Crippen LogP contribution in [0.4, 0.5) is 10.5 Å². The molecule has 0 radical (unpaired) electrons. The molecule has 128 valence electrons. The van der Waals surface area contributed by atoms with Gasteiger partial charge in [0.15, 0.2) is 0 Å². The monoisotopic (exact) mass is 334 g/mol. The topological polar surface area (TPSA) is 122 Å². The van der Waals surface area contributed by atoms with Crippen molar-refractivity contribution in [3.05, 3.63) is 29.3 Å². The number of benzene rings is 1. The second-order valence-corrected chi connectivity index (χ2v) is 5.56. The van der Waals surface area contributed by atoms with E-state index in [0.29, 0.717) is 17.2 Å². The third kappa shape index (κ3) is 4.07. The number of hydrogen-bond acceptors (Lipinski definition) is 6. The van der Waals surface area contributed by atoms with Crippen LogP contribution in [0.1, 0.15) is 28.8 Å². The minimum absolute atomic E-state index is 0.0111. The predicted molar refractivity (Wildman–Crippen MR) is 83.5 cm³/mol. The lowest BCUT2D eigenvalue weighted by atomic mass is 10.1. The van der Waals surface area contributed by atoms with Crippen LogP contribution in [-0.4, -0.2) is 47.9 Å². The molecule has 0 bridgehead atoms. The van der Waals surface area contributed by atoms with E-state index in [-0.39, 0.29) is 24.1 Å². The van der Waals surface area contributed by atoms with E-state index in [1.54, 1.807) is 12.1 Å². The third-order valence-corrected chi connectivity index (χ3v) is 3.29. The highest BCUT2D eigenvalue weighted by atomic mass is 16.7. The highest BCUT2D eigenvalue weighted by Crippen LogP contribution is 2.18. The summed E-state index contributed by atoms with van der Waals surface area (Å²) >= 11 is 0. The number of nitrogens with zero attached hydrogens (tertiary/aromatic N) is 2. The molecule has 0 atom stereocenters. The summed E-state index contributed by atoms with van der Waals surface area (Å²) in [6, 6.07) is 4.64. The maximum absolute atomic E-state index is 11.8. The number of anilines is 1. The van der Waals surface area contributed by atoms with Crippen molar-refractivity contribution in [3.8, 4) is 0 Å². The SMILES string of the molecule is CN(C)Cc1ccc(NC(=O)ON2C(=O)CCC2=O)cc1C(N)=O. The Labute approximate surface area is 138 Å². The van der Waals surface area contributed by atoms with Gasteiger partial charge in [-0.1, -0.05) is 6.07 Å². The predicted octanol–water partition coefficient (Wildman–Crippen LogP) is 0.460. The number of primary amides is 1. The number of carbonyl (C=O) groups excluding carboxylic acids is 4. The van der Waals surface area contributed by atoms with E-state index in [0.717, 1.165) is 0 Å². The number of carbonyl (C=O) groups is 4. The van der Waals surface area contributed by atoms with Gasteiger partial charge in [-0.05, 0) is 31.8 Å². The molecule has 0 aliphatic carbocycles. The summed E-state index contributed by atoms with van der Waals surface area (Å²) in [4.78, 5) is 52.7. The minimum atomic E-state index is -1.01. The van der Waals surface area contributed by atoms with Gasteiger partial charge < -0.3 is 15.5 Å². The van der Waals surface area contributed by atoms with Gasteiger partial charge >= 0.3 is 6.09 Å². The first-order valence-electron chi connectivity index (χ1n) is 7.20. The van der Waals surface area contributed by atoms with Gasteiger partial charge in [-0.3, -0.25) is 19.7 Å². The Bertz CT molecular complexity index is 685. The lowest BCUT2D eigenvalue weighted by Crippen LogP contribution is -2.34. The Balaban J connectivity index is 2.10. The van der Waals surface area contributed by atoms with Crippen molar-refractivity contribution in [2.45, 2.75) is 19.4 Å². The summed E-state index contributed by atoms with van der Waals surface area (Å²) in [5, 5.41) is 2.79. The van der Waals surface area contributed by atoms with Crippen molar-refractivity contribution in [3.63, 3.8) is 0 Å². The molecule has 1 aliphatic rings. The van der Waals surface area contributed by atoms with Crippen LogP contribution in [0, 0.1) is 0 Å². The summed E-state index contributed by atoms with van der Waals surface area (Å²) in [5.74, 6) is -1.78. The average Bonchev–Trinajstić information content (AvgIpc) is 2.80. The Kier molecular flexibility index (Phi) is 5.14. The van der Waals surface area contributed by atoms with Gasteiger partial charge in [0, 0.05) is 30.6 Å². The van der Waals surface area contributed by atoms with E-state index in [1.807, 2.05) is 19.0 Å². The molecule has 0 unspecified atom stereocenters. The smallest absolute Gasteiger partial charge is 0.366 e. The van der Waals surface area contributed by atoms with E-state index in [4.69, 9.17) is 10.6 Å². The zero-order valence-electron chi connectivity index (χ0n) is 13.4. The molecule has 0 spiro atoms. The second kappa shape index (κ2) is 7.09. The van der Waals surface area contributed by atoms with Crippen LogP contribution in [-0.2, 0) is 21.0 Å². The molecule has 1 fully saturated rings. The van der Waals surface area contributed by atoms with Crippen LogP contribution in [0.5, 0.6) is 0 Å². The number of nitrogens with two attached hydrogens (primary N) is 1. The number of hydrogen-bond donors (Lipinski definition) is 2. The van der Waals surface area contributed by atoms with Gasteiger partial charge in [0.05, 0.1) is 0 Å². The maximum atomic E-state index is 11.8. The Hall–Kier alpha value is -2.94. The number of amides is 4. The molecule has 0 aromatic heterocycles. The van der Waals surface area contributed by atoms with Crippen molar-refractivity contribution in [2.24, 2.45) is 5.73 Å². The van der Waals surface area contributed by atoms with Crippen LogP contribution in [0.25, 0.3) is 0 Å². The normalized spacial score (nSPS) is 14.2. The summed E-state index contributed by atoms with van der Waals surface area (Å²) in [7, 11) is 3.69. The van der Waals surface area contributed by atoms with Crippen LogP contribution in [0.15, 0.2) is 18.2 Å². The molecule has 9 nitrogen and oxygen atoms in total. The molecule has 1 aromatic rings. The van der Waals surface area contributed by atoms with E-state index in [9.17, 15) is 19.2 Å². The van der Waals surface area contributed by atoms with E-state index in [2.05, 4.69) is 5.32 Å². The summed E-state index contributed by atoms with van der Waals surface area (Å²) in [5.41, 5.74) is 6.58. The van der Waals surface area contributed by atoms with Gasteiger partial charge in [0.2, 0.25) is 5.91 Å². The van der Waals surface area contributed by atoms with Gasteiger partial charge in [0.25, 0.3) is 11.8 Å². The van der Waals surface area contributed by atoms with Crippen LogP contribution in [0.2, 0.25) is 0 Å².